The highest BCUT2D eigenvalue weighted by molar-refractivity contribution is 5.76. The molecule has 0 saturated heterocycles. The lowest BCUT2D eigenvalue weighted by atomic mass is 10.1. The molecule has 1 amide bonds. The minimum atomic E-state index is -0.513. The summed E-state index contributed by atoms with van der Waals surface area (Å²) in [6, 6.07) is 2.74. The van der Waals surface area contributed by atoms with Crippen LogP contribution in [0.2, 0.25) is 0 Å². The molecule has 0 bridgehead atoms. The van der Waals surface area contributed by atoms with E-state index in [9.17, 15) is 14.0 Å². The molecule has 4 heterocycles. The molecule has 4 rings (SSSR count). The van der Waals surface area contributed by atoms with E-state index in [1.807, 2.05) is 0 Å². The van der Waals surface area contributed by atoms with Gasteiger partial charge in [-0.25, -0.2) is 19.0 Å². The normalized spacial score (nSPS) is 14.0. The van der Waals surface area contributed by atoms with Crippen molar-refractivity contribution in [2.45, 2.75) is 19.5 Å². The smallest absolute Gasteiger partial charge is 0.263 e. The van der Waals surface area contributed by atoms with Crippen molar-refractivity contribution in [2.75, 3.05) is 6.54 Å². The fourth-order valence-corrected chi connectivity index (χ4v) is 2.84. The highest BCUT2D eigenvalue weighted by Crippen LogP contribution is 2.15. The van der Waals surface area contributed by atoms with Crippen molar-refractivity contribution in [3.63, 3.8) is 0 Å². The van der Waals surface area contributed by atoms with Gasteiger partial charge in [-0.1, -0.05) is 0 Å². The average molecular weight is 328 g/mol. The molecule has 8 nitrogen and oxygen atoms in total. The van der Waals surface area contributed by atoms with Gasteiger partial charge in [-0.15, -0.1) is 0 Å². The number of nitrogens with zero attached hydrogens (tertiary/aromatic N) is 6. The number of hydrogen-bond acceptors (Lipinski definition) is 5. The molecule has 1 aliphatic heterocycles. The number of aromatic nitrogens is 5. The molecule has 0 N–H and O–H groups in total. The highest BCUT2D eigenvalue weighted by Gasteiger charge is 2.25. The summed E-state index contributed by atoms with van der Waals surface area (Å²) in [5.74, 6) is -0.670. The molecule has 122 valence electrons. The number of halogens is 1. The molecule has 9 heteroatoms. The summed E-state index contributed by atoms with van der Waals surface area (Å²) >= 11 is 0. The van der Waals surface area contributed by atoms with Crippen molar-refractivity contribution < 1.29 is 9.18 Å². The summed E-state index contributed by atoms with van der Waals surface area (Å²) in [6.07, 6.45) is 4.42. The minimum absolute atomic E-state index is 0.0618. The molecule has 0 saturated carbocycles. The first-order chi connectivity index (χ1) is 11.6. The maximum atomic E-state index is 13.4. The second kappa shape index (κ2) is 5.52. The fraction of sp³-hybridized carbons (Fsp3) is 0.267. The van der Waals surface area contributed by atoms with E-state index in [4.69, 9.17) is 0 Å². The Bertz CT molecular complexity index is 982. The molecule has 24 heavy (non-hydrogen) atoms. The quantitative estimate of drug-likeness (QED) is 0.661. The summed E-state index contributed by atoms with van der Waals surface area (Å²) in [5.41, 5.74) is 1.16. The summed E-state index contributed by atoms with van der Waals surface area (Å²) in [7, 11) is 0. The molecule has 0 radical (unpaired) electrons. The van der Waals surface area contributed by atoms with Gasteiger partial charge in [0, 0.05) is 19.2 Å². The van der Waals surface area contributed by atoms with Crippen LogP contribution in [0.1, 0.15) is 11.3 Å². The predicted octanol–water partition coefficient (Wildman–Crippen LogP) is 0.01000. The summed E-state index contributed by atoms with van der Waals surface area (Å²) in [5, 5.41) is 3.90. The predicted molar refractivity (Wildman–Crippen MR) is 80.6 cm³/mol. The second-order valence-electron chi connectivity index (χ2n) is 5.58. The highest BCUT2D eigenvalue weighted by atomic mass is 19.1. The van der Waals surface area contributed by atoms with Crippen LogP contribution in [-0.2, 0) is 24.3 Å². The topological polar surface area (TPSA) is 85.4 Å². The van der Waals surface area contributed by atoms with Crippen molar-refractivity contribution in [2.24, 2.45) is 0 Å². The number of pyridine rings is 1. The zero-order valence-electron chi connectivity index (χ0n) is 12.6. The Morgan fingerprint density at radius 3 is 3.00 bits per heavy atom. The Morgan fingerprint density at radius 1 is 1.33 bits per heavy atom. The lowest BCUT2D eigenvalue weighted by Gasteiger charge is -2.28. The van der Waals surface area contributed by atoms with E-state index in [0.717, 1.165) is 6.20 Å². The molecular formula is C15H13FN6O2. The average Bonchev–Trinajstić information content (AvgIpc) is 3.08. The second-order valence-corrected chi connectivity index (χ2v) is 5.58. The van der Waals surface area contributed by atoms with E-state index in [1.54, 1.807) is 4.90 Å². The van der Waals surface area contributed by atoms with Gasteiger partial charge < -0.3 is 4.90 Å². The van der Waals surface area contributed by atoms with Gasteiger partial charge in [-0.05, 0) is 12.1 Å². The van der Waals surface area contributed by atoms with Crippen LogP contribution in [-0.4, -0.2) is 41.5 Å². The Labute approximate surface area is 135 Å². The van der Waals surface area contributed by atoms with Gasteiger partial charge in [0.2, 0.25) is 5.91 Å². The third-order valence-corrected chi connectivity index (χ3v) is 4.05. The first-order valence-corrected chi connectivity index (χ1v) is 7.41. The minimum Gasteiger partial charge on any atom is -0.336 e. The van der Waals surface area contributed by atoms with Crippen molar-refractivity contribution in [3.8, 4) is 0 Å². The van der Waals surface area contributed by atoms with Crippen LogP contribution < -0.4 is 5.56 Å². The lowest BCUT2D eigenvalue weighted by Crippen LogP contribution is -2.41. The van der Waals surface area contributed by atoms with E-state index in [-0.39, 0.29) is 24.6 Å². The molecular weight excluding hydrogens is 315 g/mol. The van der Waals surface area contributed by atoms with E-state index < -0.39 is 5.82 Å². The van der Waals surface area contributed by atoms with E-state index >= 15 is 0 Å². The third-order valence-electron chi connectivity index (χ3n) is 4.05. The van der Waals surface area contributed by atoms with Crippen LogP contribution in [0, 0.1) is 5.82 Å². The number of carbonyl (C=O) groups excluding carboxylic acids is 1. The van der Waals surface area contributed by atoms with Crippen molar-refractivity contribution in [1.29, 1.82) is 0 Å². The van der Waals surface area contributed by atoms with Gasteiger partial charge in [0.05, 0.1) is 17.8 Å². The summed E-state index contributed by atoms with van der Waals surface area (Å²) < 4.78 is 16.0. The zero-order chi connectivity index (χ0) is 16.7. The fourth-order valence-electron chi connectivity index (χ4n) is 2.84. The maximum absolute atomic E-state index is 13.4. The first kappa shape index (κ1) is 14.5. The molecule has 0 aliphatic carbocycles. The van der Waals surface area contributed by atoms with Crippen LogP contribution >= 0.6 is 0 Å². The van der Waals surface area contributed by atoms with E-state index in [0.29, 0.717) is 29.9 Å². The van der Waals surface area contributed by atoms with Gasteiger partial charge in [0.25, 0.3) is 5.56 Å². The van der Waals surface area contributed by atoms with Gasteiger partial charge in [0.1, 0.15) is 30.7 Å². The van der Waals surface area contributed by atoms with Gasteiger partial charge in [-0.2, -0.15) is 5.10 Å². The standard InChI is InChI=1S/C15H13FN6O2/c16-10-1-2-13-19-12-3-4-20(6-11(12)15(24)22(13)5-10)14(23)7-21-9-17-8-18-21/h1-2,5,8-9H,3-4,6-7H2. The van der Waals surface area contributed by atoms with Crippen molar-refractivity contribution in [3.05, 3.63) is 58.4 Å². The Morgan fingerprint density at radius 2 is 2.21 bits per heavy atom. The molecule has 0 atom stereocenters. The summed E-state index contributed by atoms with van der Waals surface area (Å²) in [4.78, 5) is 34.7. The molecule has 0 fully saturated rings. The molecule has 0 unspecified atom stereocenters. The van der Waals surface area contributed by atoms with Gasteiger partial charge in [0.15, 0.2) is 0 Å². The van der Waals surface area contributed by atoms with Crippen molar-refractivity contribution >= 4 is 11.6 Å². The third kappa shape index (κ3) is 2.43. The monoisotopic (exact) mass is 328 g/mol. The zero-order valence-corrected chi connectivity index (χ0v) is 12.6. The van der Waals surface area contributed by atoms with Crippen LogP contribution in [0.3, 0.4) is 0 Å². The number of rotatable bonds is 2. The number of amides is 1. The SMILES string of the molecule is O=C(Cn1cncn1)N1CCc2nc3ccc(F)cn3c(=O)c2C1. The summed E-state index contributed by atoms with van der Waals surface area (Å²) in [6.45, 7) is 0.699. The van der Waals surface area contributed by atoms with Crippen LogP contribution in [0.15, 0.2) is 35.8 Å². The largest absolute Gasteiger partial charge is 0.336 e. The Kier molecular flexibility index (Phi) is 3.33. The van der Waals surface area contributed by atoms with Crippen molar-refractivity contribution in [1.82, 2.24) is 29.0 Å². The number of carbonyl (C=O) groups is 1. The molecule has 3 aromatic heterocycles. The maximum Gasteiger partial charge on any atom is 0.263 e. The number of fused-ring (bicyclic) bond motifs is 2. The molecule has 1 aliphatic rings. The number of hydrogen-bond donors (Lipinski definition) is 0. The van der Waals surface area contributed by atoms with Crippen LogP contribution in [0.25, 0.3) is 5.65 Å². The van der Waals surface area contributed by atoms with Crippen LogP contribution in [0.5, 0.6) is 0 Å². The molecule has 0 aromatic carbocycles. The van der Waals surface area contributed by atoms with Gasteiger partial charge in [-0.3, -0.25) is 14.0 Å². The van der Waals surface area contributed by atoms with Gasteiger partial charge >= 0.3 is 0 Å². The van der Waals surface area contributed by atoms with E-state index in [2.05, 4.69) is 15.1 Å². The lowest BCUT2D eigenvalue weighted by molar-refractivity contribution is -0.133. The Hall–Kier alpha value is -3.10. The Balaban J connectivity index is 1.67. The molecule has 3 aromatic rings. The first-order valence-electron chi connectivity index (χ1n) is 7.41. The van der Waals surface area contributed by atoms with E-state index in [1.165, 1.54) is 33.9 Å². The van der Waals surface area contributed by atoms with Crippen LogP contribution in [0.4, 0.5) is 4.39 Å². The molecule has 0 spiro atoms.